The average Bonchev–Trinajstić information content (AvgIpc) is 3.23. The second-order valence-corrected chi connectivity index (χ2v) is 7.71. The van der Waals surface area contributed by atoms with Crippen molar-refractivity contribution in [2.75, 3.05) is 18.6 Å². The van der Waals surface area contributed by atoms with Crippen LogP contribution in [0.15, 0.2) is 53.2 Å². The summed E-state index contributed by atoms with van der Waals surface area (Å²) in [6.07, 6.45) is 3.98. The first kappa shape index (κ1) is 22.1. The lowest BCUT2D eigenvalue weighted by Gasteiger charge is -2.12. The zero-order valence-corrected chi connectivity index (χ0v) is 18.8. The van der Waals surface area contributed by atoms with Crippen LogP contribution in [0.4, 0.5) is 10.6 Å². The number of hydrogen-bond donors (Lipinski definition) is 3. The highest BCUT2D eigenvalue weighted by molar-refractivity contribution is 5.76. The molecule has 3 N–H and O–H groups in total. The number of amides is 2. The monoisotopic (exact) mass is 446 g/mol. The molecule has 0 aliphatic rings. The van der Waals surface area contributed by atoms with E-state index in [2.05, 4.69) is 44.1 Å². The van der Waals surface area contributed by atoms with Crippen molar-refractivity contribution in [2.24, 2.45) is 0 Å². The van der Waals surface area contributed by atoms with Crippen LogP contribution in [0.25, 0.3) is 22.7 Å². The highest BCUT2D eigenvalue weighted by atomic mass is 16.5. The van der Waals surface area contributed by atoms with Gasteiger partial charge in [-0.25, -0.2) is 14.8 Å². The minimum absolute atomic E-state index is 0.350. The summed E-state index contributed by atoms with van der Waals surface area (Å²) in [5.41, 5.74) is 10.4. The summed E-state index contributed by atoms with van der Waals surface area (Å²) in [5.74, 6) is 1.84. The van der Waals surface area contributed by atoms with Crippen LogP contribution in [0.3, 0.4) is 0 Å². The number of nitrogens with one attached hydrogen (secondary N) is 3. The number of aromatic nitrogens is 3. The summed E-state index contributed by atoms with van der Waals surface area (Å²) in [5, 5.41) is 2.78. The average molecular weight is 447 g/mol. The van der Waals surface area contributed by atoms with Crippen molar-refractivity contribution in [2.45, 2.75) is 27.2 Å². The van der Waals surface area contributed by atoms with E-state index in [1.807, 2.05) is 38.1 Å². The molecule has 0 atom stereocenters. The van der Waals surface area contributed by atoms with Crippen LogP contribution in [-0.2, 0) is 0 Å². The standard InChI is InChI=1S/C24H26N6O3/c1-15-7-8-19(16(2)12-15)32-11-5-10-26-24(31)30-29-21-17(3)13-18(14-27-21)23-28-22-20(33-23)6-4-9-25-22/h4,6-9,12-14H,5,10-11H2,1-3H3,(H,27,29)(H2,26,30,31). The highest BCUT2D eigenvalue weighted by Gasteiger charge is 2.11. The third kappa shape index (κ3) is 5.57. The first-order valence-electron chi connectivity index (χ1n) is 10.7. The number of urea groups is 1. The number of pyridine rings is 2. The molecule has 170 valence electrons. The Labute approximate surface area is 191 Å². The molecule has 3 aromatic heterocycles. The minimum atomic E-state index is -0.350. The summed E-state index contributed by atoms with van der Waals surface area (Å²) >= 11 is 0. The molecule has 9 nitrogen and oxygen atoms in total. The van der Waals surface area contributed by atoms with Gasteiger partial charge in [0.05, 0.1) is 12.2 Å². The molecular formula is C24H26N6O3. The van der Waals surface area contributed by atoms with E-state index in [9.17, 15) is 4.79 Å². The van der Waals surface area contributed by atoms with Crippen LogP contribution >= 0.6 is 0 Å². The molecule has 4 rings (SSSR count). The van der Waals surface area contributed by atoms with E-state index in [1.54, 1.807) is 18.5 Å². The van der Waals surface area contributed by atoms with Gasteiger partial charge >= 0.3 is 6.03 Å². The van der Waals surface area contributed by atoms with Crippen molar-refractivity contribution in [3.63, 3.8) is 0 Å². The van der Waals surface area contributed by atoms with Crippen molar-refractivity contribution < 1.29 is 13.9 Å². The van der Waals surface area contributed by atoms with Crippen molar-refractivity contribution in [1.82, 2.24) is 25.7 Å². The quantitative estimate of drug-likeness (QED) is 0.273. The van der Waals surface area contributed by atoms with E-state index in [0.29, 0.717) is 42.5 Å². The number of hydrogen-bond acceptors (Lipinski definition) is 7. The molecule has 2 amide bonds. The predicted molar refractivity (Wildman–Crippen MR) is 126 cm³/mol. The van der Waals surface area contributed by atoms with Crippen molar-refractivity contribution >= 4 is 23.1 Å². The molecule has 3 heterocycles. The number of rotatable bonds is 8. The van der Waals surface area contributed by atoms with Gasteiger partial charge in [0.15, 0.2) is 11.2 Å². The Kier molecular flexibility index (Phi) is 6.68. The van der Waals surface area contributed by atoms with Crippen molar-refractivity contribution in [3.8, 4) is 17.2 Å². The fourth-order valence-electron chi connectivity index (χ4n) is 3.29. The van der Waals surface area contributed by atoms with Gasteiger partial charge in [0.2, 0.25) is 5.89 Å². The van der Waals surface area contributed by atoms with Crippen LogP contribution in [0, 0.1) is 20.8 Å². The van der Waals surface area contributed by atoms with Gasteiger partial charge in [0.25, 0.3) is 0 Å². The summed E-state index contributed by atoms with van der Waals surface area (Å²) in [7, 11) is 0. The third-order valence-electron chi connectivity index (χ3n) is 4.98. The molecule has 9 heteroatoms. The molecule has 0 aliphatic heterocycles. The van der Waals surface area contributed by atoms with Crippen LogP contribution in [0.1, 0.15) is 23.1 Å². The maximum atomic E-state index is 12.1. The third-order valence-corrected chi connectivity index (χ3v) is 4.98. The van der Waals surface area contributed by atoms with E-state index < -0.39 is 0 Å². The minimum Gasteiger partial charge on any atom is -0.493 e. The summed E-state index contributed by atoms with van der Waals surface area (Å²) in [4.78, 5) is 25.0. The number of fused-ring (bicyclic) bond motifs is 1. The molecule has 0 unspecified atom stereocenters. The van der Waals surface area contributed by atoms with Crippen LogP contribution in [-0.4, -0.2) is 34.1 Å². The number of hydrazine groups is 1. The molecular weight excluding hydrogens is 420 g/mol. The Hall–Kier alpha value is -4.14. The summed E-state index contributed by atoms with van der Waals surface area (Å²) in [6.45, 7) is 6.95. The maximum absolute atomic E-state index is 12.1. The number of oxazole rings is 1. The van der Waals surface area contributed by atoms with Crippen LogP contribution in [0.5, 0.6) is 5.75 Å². The molecule has 0 saturated heterocycles. The van der Waals surface area contributed by atoms with Gasteiger partial charge in [-0.3, -0.25) is 10.9 Å². The van der Waals surface area contributed by atoms with E-state index in [4.69, 9.17) is 9.15 Å². The van der Waals surface area contributed by atoms with Gasteiger partial charge in [-0.1, -0.05) is 17.7 Å². The van der Waals surface area contributed by atoms with E-state index in [1.165, 1.54) is 5.56 Å². The lowest BCUT2D eigenvalue weighted by atomic mass is 10.1. The number of carbonyl (C=O) groups excluding carboxylic acids is 1. The second kappa shape index (κ2) is 9.99. The van der Waals surface area contributed by atoms with Gasteiger partial charge in [0, 0.05) is 18.9 Å². The van der Waals surface area contributed by atoms with E-state index in [-0.39, 0.29) is 6.03 Å². The van der Waals surface area contributed by atoms with E-state index in [0.717, 1.165) is 22.4 Å². The first-order chi connectivity index (χ1) is 16.0. The molecule has 0 fully saturated rings. The number of carbonyl (C=O) groups is 1. The molecule has 0 aliphatic carbocycles. The summed E-state index contributed by atoms with van der Waals surface area (Å²) in [6, 6.07) is 11.2. The largest absolute Gasteiger partial charge is 0.493 e. The lowest BCUT2D eigenvalue weighted by molar-refractivity contribution is 0.241. The smallest absolute Gasteiger partial charge is 0.333 e. The highest BCUT2D eigenvalue weighted by Crippen LogP contribution is 2.25. The fourth-order valence-corrected chi connectivity index (χ4v) is 3.29. The number of aryl methyl sites for hydroxylation is 3. The molecule has 0 bridgehead atoms. The lowest BCUT2D eigenvalue weighted by Crippen LogP contribution is -2.40. The van der Waals surface area contributed by atoms with Gasteiger partial charge in [-0.15, -0.1) is 0 Å². The first-order valence-corrected chi connectivity index (χ1v) is 10.7. The molecule has 1 aromatic carbocycles. The van der Waals surface area contributed by atoms with E-state index >= 15 is 0 Å². The Morgan fingerprint density at radius 1 is 1.09 bits per heavy atom. The maximum Gasteiger partial charge on any atom is 0.333 e. The molecule has 0 radical (unpaired) electrons. The number of nitrogens with zero attached hydrogens (tertiary/aromatic N) is 3. The number of benzene rings is 1. The molecule has 0 saturated carbocycles. The summed E-state index contributed by atoms with van der Waals surface area (Å²) < 4.78 is 11.5. The molecule has 0 spiro atoms. The Morgan fingerprint density at radius 2 is 1.97 bits per heavy atom. The van der Waals surface area contributed by atoms with Crippen LogP contribution < -0.4 is 20.9 Å². The topological polar surface area (TPSA) is 114 Å². The van der Waals surface area contributed by atoms with Crippen molar-refractivity contribution in [3.05, 3.63) is 65.5 Å². The predicted octanol–water partition coefficient (Wildman–Crippen LogP) is 4.31. The van der Waals surface area contributed by atoms with Crippen molar-refractivity contribution in [1.29, 1.82) is 0 Å². The zero-order chi connectivity index (χ0) is 23.2. The Bertz CT molecular complexity index is 1240. The molecule has 4 aromatic rings. The Morgan fingerprint density at radius 3 is 2.76 bits per heavy atom. The SMILES string of the molecule is Cc1ccc(OCCCNC(=O)NNc2ncc(-c3nc4ncccc4o3)cc2C)c(C)c1. The second-order valence-electron chi connectivity index (χ2n) is 7.71. The van der Waals surface area contributed by atoms with Gasteiger partial charge < -0.3 is 14.5 Å². The normalized spacial score (nSPS) is 10.8. The zero-order valence-electron chi connectivity index (χ0n) is 18.8. The van der Waals surface area contributed by atoms with Crippen LogP contribution in [0.2, 0.25) is 0 Å². The van der Waals surface area contributed by atoms with Gasteiger partial charge in [-0.2, -0.15) is 4.98 Å². The van der Waals surface area contributed by atoms with Gasteiger partial charge in [-0.05, 0) is 62.6 Å². The Balaban J connectivity index is 1.22. The molecule has 33 heavy (non-hydrogen) atoms. The van der Waals surface area contributed by atoms with Gasteiger partial charge in [0.1, 0.15) is 11.6 Å². The fraction of sp³-hybridized carbons (Fsp3) is 0.250. The number of anilines is 1. The number of ether oxygens (including phenoxy) is 1.